The summed E-state index contributed by atoms with van der Waals surface area (Å²) in [6.07, 6.45) is 5.19. The molecular weight excluding hydrogens is 610 g/mol. The van der Waals surface area contributed by atoms with E-state index >= 15 is 0 Å². The number of terminal acetylenes is 1. The lowest BCUT2D eigenvalue weighted by Gasteiger charge is -2.32. The average Bonchev–Trinajstić information content (AvgIpc) is 2.99. The molecule has 3 unspecified atom stereocenters. The lowest BCUT2D eigenvalue weighted by Crippen LogP contribution is -2.54. The average molecular weight is 656 g/mol. The molecule has 0 fully saturated rings. The second kappa shape index (κ2) is 16.0. The maximum Gasteiger partial charge on any atom is 0.408 e. The molecule has 0 aliphatic rings. The maximum atomic E-state index is 14.4. The highest BCUT2D eigenvalue weighted by Gasteiger charge is 2.39. The Morgan fingerprint density at radius 3 is 1.79 bits per heavy atom. The highest BCUT2D eigenvalue weighted by atomic mass is 16.6. The molecule has 3 aromatic rings. The lowest BCUT2D eigenvalue weighted by atomic mass is 9.97. The van der Waals surface area contributed by atoms with Crippen molar-refractivity contribution in [2.45, 2.75) is 90.6 Å². The van der Waals surface area contributed by atoms with Crippen LogP contribution in [0.2, 0.25) is 0 Å². The number of aromatic hydroxyl groups is 1. The van der Waals surface area contributed by atoms with Gasteiger partial charge >= 0.3 is 12.1 Å². The van der Waals surface area contributed by atoms with Gasteiger partial charge in [0.1, 0.15) is 29.0 Å². The van der Waals surface area contributed by atoms with Crippen molar-refractivity contribution in [3.05, 3.63) is 101 Å². The number of rotatable bonds is 11. The van der Waals surface area contributed by atoms with Crippen LogP contribution in [-0.2, 0) is 36.7 Å². The summed E-state index contributed by atoms with van der Waals surface area (Å²) < 4.78 is 11.1. The first-order valence-corrected chi connectivity index (χ1v) is 15.7. The summed E-state index contributed by atoms with van der Waals surface area (Å²) in [5.41, 5.74) is 0.187. The number of phenols is 1. The quantitative estimate of drug-likeness (QED) is 0.144. The van der Waals surface area contributed by atoms with Crippen LogP contribution < -0.4 is 10.6 Å². The molecule has 0 aliphatic heterocycles. The van der Waals surface area contributed by atoms with Crippen molar-refractivity contribution in [2.24, 2.45) is 0 Å². The zero-order valence-electron chi connectivity index (χ0n) is 28.6. The van der Waals surface area contributed by atoms with Gasteiger partial charge in [0.15, 0.2) is 6.04 Å². The number of hydrogen-bond donors (Lipinski definition) is 3. The Labute approximate surface area is 282 Å². The van der Waals surface area contributed by atoms with Crippen LogP contribution in [0.4, 0.5) is 4.79 Å². The fraction of sp³-hybridized carbons (Fsp3) is 0.368. The van der Waals surface area contributed by atoms with E-state index in [4.69, 9.17) is 15.9 Å². The summed E-state index contributed by atoms with van der Waals surface area (Å²) in [4.78, 5) is 55.9. The molecule has 0 heterocycles. The normalized spacial score (nSPS) is 13.2. The van der Waals surface area contributed by atoms with Crippen molar-refractivity contribution < 1.29 is 33.8 Å². The van der Waals surface area contributed by atoms with E-state index in [2.05, 4.69) is 16.7 Å². The zero-order valence-corrected chi connectivity index (χ0v) is 28.6. The van der Waals surface area contributed by atoms with E-state index in [0.717, 1.165) is 10.5 Å². The van der Waals surface area contributed by atoms with Crippen molar-refractivity contribution >= 4 is 23.9 Å². The standard InChI is InChI=1S/C38H45N3O7/c1-9-41(34(44)29(23-26-18-12-10-13-19-26)40-36(46)48-38(6,7)8)31(28-22-16-17-25(2)32(28)42)33(43)39-30(35(45)47-37(3,4)5)24-27-20-14-11-15-21-27/h1,10-22,29-31,42H,23-24H2,2-8H3,(H,39,43)(H,40,46). The van der Waals surface area contributed by atoms with Crippen LogP contribution >= 0.6 is 0 Å². The highest BCUT2D eigenvalue weighted by molar-refractivity contribution is 5.95. The Kier molecular flexibility index (Phi) is 12.4. The lowest BCUT2D eigenvalue weighted by molar-refractivity contribution is -0.159. The Balaban J connectivity index is 2.09. The van der Waals surface area contributed by atoms with E-state index < -0.39 is 53.2 Å². The molecule has 3 rings (SSSR count). The molecule has 0 spiro atoms. The van der Waals surface area contributed by atoms with Crippen LogP contribution in [0.5, 0.6) is 5.75 Å². The van der Waals surface area contributed by atoms with Gasteiger partial charge in [-0.15, -0.1) is 0 Å². The van der Waals surface area contributed by atoms with Gasteiger partial charge in [-0.1, -0.05) is 85.3 Å². The first kappa shape index (κ1) is 37.2. The first-order chi connectivity index (χ1) is 22.5. The largest absolute Gasteiger partial charge is 0.507 e. The molecule has 0 aliphatic carbocycles. The van der Waals surface area contributed by atoms with Gasteiger partial charge in [0.05, 0.1) is 0 Å². The topological polar surface area (TPSA) is 134 Å². The molecule has 3 atom stereocenters. The van der Waals surface area contributed by atoms with E-state index in [0.29, 0.717) is 11.1 Å². The number of carbonyl (C=O) groups is 4. The molecule has 3 amide bonds. The zero-order chi connectivity index (χ0) is 35.6. The number of phenolic OH excluding ortho intramolecular Hbond substituents is 1. The Morgan fingerprint density at radius 1 is 0.771 bits per heavy atom. The van der Waals surface area contributed by atoms with Gasteiger partial charge < -0.3 is 25.2 Å². The van der Waals surface area contributed by atoms with Crippen molar-refractivity contribution in [2.75, 3.05) is 0 Å². The van der Waals surface area contributed by atoms with Gasteiger partial charge in [-0.25, -0.2) is 9.59 Å². The number of benzene rings is 3. The minimum absolute atomic E-state index is 0.0137. The van der Waals surface area contributed by atoms with Crippen LogP contribution in [-0.4, -0.2) is 57.2 Å². The van der Waals surface area contributed by atoms with Gasteiger partial charge in [0.25, 0.3) is 5.91 Å². The van der Waals surface area contributed by atoms with E-state index in [-0.39, 0.29) is 24.2 Å². The summed E-state index contributed by atoms with van der Waals surface area (Å²) in [6.45, 7) is 11.8. The summed E-state index contributed by atoms with van der Waals surface area (Å²) in [5, 5.41) is 16.5. The summed E-state index contributed by atoms with van der Waals surface area (Å²) in [5.74, 6) is -2.61. The van der Waals surface area contributed by atoms with Gasteiger partial charge in [0.2, 0.25) is 5.91 Å². The molecule has 3 aromatic carbocycles. The number of ether oxygens (including phenoxy) is 2. The third-order valence-corrected chi connectivity index (χ3v) is 7.01. The number of carbonyl (C=O) groups excluding carboxylic acids is 4. The van der Waals surface area contributed by atoms with Crippen molar-refractivity contribution in [3.63, 3.8) is 0 Å². The van der Waals surface area contributed by atoms with Gasteiger partial charge in [-0.05, 0) is 65.2 Å². The highest BCUT2D eigenvalue weighted by Crippen LogP contribution is 2.32. The van der Waals surface area contributed by atoms with Gasteiger partial charge in [-0.2, -0.15) is 0 Å². The molecule has 0 radical (unpaired) electrons. The number of amides is 3. The number of para-hydroxylation sites is 1. The van der Waals surface area contributed by atoms with Gasteiger partial charge in [-0.3, -0.25) is 14.5 Å². The van der Waals surface area contributed by atoms with Crippen LogP contribution in [0.15, 0.2) is 78.9 Å². The Morgan fingerprint density at radius 2 is 1.29 bits per heavy atom. The SMILES string of the molecule is C#CN(C(=O)C(Cc1ccccc1)NC(=O)OC(C)(C)C)C(C(=O)NC(Cc1ccccc1)C(=O)OC(C)(C)C)c1cccc(C)c1O. The smallest absolute Gasteiger partial charge is 0.408 e. The van der Waals surface area contributed by atoms with Crippen LogP contribution in [0.1, 0.15) is 69.8 Å². The molecule has 3 N–H and O–H groups in total. The summed E-state index contributed by atoms with van der Waals surface area (Å²) in [7, 11) is 0. The van der Waals surface area contributed by atoms with Crippen LogP contribution in [0.25, 0.3) is 0 Å². The molecular formula is C38H45N3O7. The maximum absolute atomic E-state index is 14.4. The number of esters is 1. The van der Waals surface area contributed by atoms with E-state index in [1.807, 2.05) is 12.1 Å². The minimum Gasteiger partial charge on any atom is -0.507 e. The number of nitrogens with zero attached hydrogens (tertiary/aromatic N) is 1. The molecule has 0 saturated carbocycles. The molecule has 0 saturated heterocycles. The number of nitrogens with one attached hydrogen (secondary N) is 2. The predicted molar refractivity (Wildman–Crippen MR) is 182 cm³/mol. The van der Waals surface area contributed by atoms with Crippen molar-refractivity contribution in [1.29, 1.82) is 0 Å². The second-order valence-electron chi connectivity index (χ2n) is 13.4. The molecule has 48 heavy (non-hydrogen) atoms. The fourth-order valence-corrected chi connectivity index (χ4v) is 4.90. The van der Waals surface area contributed by atoms with Crippen LogP contribution in [0, 0.1) is 19.4 Å². The van der Waals surface area contributed by atoms with Crippen molar-refractivity contribution in [1.82, 2.24) is 15.5 Å². The van der Waals surface area contributed by atoms with E-state index in [9.17, 15) is 24.3 Å². The van der Waals surface area contributed by atoms with Crippen LogP contribution in [0.3, 0.4) is 0 Å². The third-order valence-electron chi connectivity index (χ3n) is 7.01. The molecule has 10 heteroatoms. The second-order valence-corrected chi connectivity index (χ2v) is 13.4. The molecule has 254 valence electrons. The van der Waals surface area contributed by atoms with E-state index in [1.54, 1.807) is 109 Å². The first-order valence-electron chi connectivity index (χ1n) is 15.7. The Hall–Kier alpha value is -5.30. The molecule has 0 aromatic heterocycles. The van der Waals surface area contributed by atoms with Crippen molar-refractivity contribution in [3.8, 4) is 18.2 Å². The fourth-order valence-electron chi connectivity index (χ4n) is 4.90. The number of aryl methyl sites for hydroxylation is 1. The van der Waals surface area contributed by atoms with E-state index in [1.165, 1.54) is 6.07 Å². The number of alkyl carbamates (subject to hydrolysis) is 1. The summed E-state index contributed by atoms with van der Waals surface area (Å²) >= 11 is 0. The summed E-state index contributed by atoms with van der Waals surface area (Å²) in [6, 6.07) is 21.0. The third kappa shape index (κ3) is 10.9. The number of hydrogen-bond acceptors (Lipinski definition) is 7. The molecule has 10 nitrogen and oxygen atoms in total. The Bertz CT molecular complexity index is 1620. The van der Waals surface area contributed by atoms with Gasteiger partial charge in [0, 0.05) is 24.4 Å². The minimum atomic E-state index is -1.61. The molecule has 0 bridgehead atoms. The predicted octanol–water partition coefficient (Wildman–Crippen LogP) is 5.37. The monoisotopic (exact) mass is 655 g/mol.